The lowest BCUT2D eigenvalue weighted by atomic mass is 9.65. The van der Waals surface area contributed by atoms with Gasteiger partial charge in [0.15, 0.2) is 5.78 Å². The summed E-state index contributed by atoms with van der Waals surface area (Å²) in [6, 6.07) is 8.00. The van der Waals surface area contributed by atoms with Gasteiger partial charge in [-0.3, -0.25) is 14.0 Å². The summed E-state index contributed by atoms with van der Waals surface area (Å²) in [7, 11) is 0. The van der Waals surface area contributed by atoms with Crippen LogP contribution in [0.25, 0.3) is 16.8 Å². The second-order valence-electron chi connectivity index (χ2n) is 11.0. The molecule has 13 heteroatoms. The maximum Gasteiger partial charge on any atom is 0.416 e. The van der Waals surface area contributed by atoms with Gasteiger partial charge in [0.25, 0.3) is 5.91 Å². The summed E-state index contributed by atoms with van der Waals surface area (Å²) in [4.78, 5) is 40.0. The number of alkyl halides is 3. The van der Waals surface area contributed by atoms with Crippen LogP contribution >= 0.6 is 0 Å². The average molecular weight is 580 g/mol. The highest BCUT2D eigenvalue weighted by Crippen LogP contribution is 2.43. The van der Waals surface area contributed by atoms with E-state index in [1.54, 1.807) is 24.5 Å². The van der Waals surface area contributed by atoms with Crippen molar-refractivity contribution in [3.05, 3.63) is 71.9 Å². The fourth-order valence-corrected chi connectivity index (χ4v) is 5.75. The molecular weight excluding hydrogens is 551 g/mol. The second kappa shape index (κ2) is 10.2. The number of ether oxygens (including phenoxy) is 1. The van der Waals surface area contributed by atoms with Gasteiger partial charge in [-0.15, -0.1) is 0 Å². The van der Waals surface area contributed by atoms with E-state index < -0.39 is 28.5 Å². The minimum absolute atomic E-state index is 0.0671. The number of carbonyl (C=O) groups excluding carboxylic acids is 2. The number of rotatable bonds is 6. The molecule has 10 nitrogen and oxygen atoms in total. The molecule has 4 aromatic rings. The van der Waals surface area contributed by atoms with Gasteiger partial charge in [-0.25, -0.2) is 15.0 Å². The highest BCUT2D eigenvalue weighted by Gasteiger charge is 2.55. The van der Waals surface area contributed by atoms with Gasteiger partial charge < -0.3 is 21.1 Å². The van der Waals surface area contributed by atoms with Gasteiger partial charge in [0.05, 0.1) is 24.2 Å². The number of benzene rings is 1. The van der Waals surface area contributed by atoms with E-state index in [-0.39, 0.29) is 23.0 Å². The molecule has 1 amide bonds. The summed E-state index contributed by atoms with van der Waals surface area (Å²) >= 11 is 0. The van der Waals surface area contributed by atoms with Gasteiger partial charge in [0, 0.05) is 36.3 Å². The van der Waals surface area contributed by atoms with E-state index in [0.29, 0.717) is 48.8 Å². The number of nitrogens with zero attached hydrogens (tertiary/aromatic N) is 4. The molecule has 42 heavy (non-hydrogen) atoms. The second-order valence-corrected chi connectivity index (χ2v) is 11.0. The lowest BCUT2D eigenvalue weighted by Gasteiger charge is -2.45. The number of imidazole rings is 1. The molecule has 0 aliphatic carbocycles. The molecule has 2 aliphatic heterocycles. The first-order valence-electron chi connectivity index (χ1n) is 13.4. The zero-order valence-electron chi connectivity index (χ0n) is 22.7. The molecule has 4 N–H and O–H groups in total. The molecule has 0 bridgehead atoms. The number of carbonyl (C=O) groups is 2. The van der Waals surface area contributed by atoms with Crippen molar-refractivity contribution in [2.45, 2.75) is 31.4 Å². The monoisotopic (exact) mass is 579 g/mol. The van der Waals surface area contributed by atoms with Crippen LogP contribution < -0.4 is 16.4 Å². The number of pyridine rings is 1. The Morgan fingerprint density at radius 2 is 1.88 bits per heavy atom. The Morgan fingerprint density at radius 3 is 2.52 bits per heavy atom. The van der Waals surface area contributed by atoms with Crippen molar-refractivity contribution >= 4 is 28.8 Å². The van der Waals surface area contributed by atoms with Gasteiger partial charge in [0.2, 0.25) is 0 Å². The zero-order chi connectivity index (χ0) is 29.7. The first-order valence-corrected chi connectivity index (χ1v) is 13.4. The van der Waals surface area contributed by atoms with E-state index in [0.717, 1.165) is 31.3 Å². The Balaban J connectivity index is 1.36. The van der Waals surface area contributed by atoms with Crippen molar-refractivity contribution in [3.8, 4) is 11.3 Å². The van der Waals surface area contributed by atoms with Crippen molar-refractivity contribution in [1.29, 1.82) is 0 Å². The predicted molar refractivity (Wildman–Crippen MR) is 148 cm³/mol. The third-order valence-electron chi connectivity index (χ3n) is 7.97. The van der Waals surface area contributed by atoms with Gasteiger partial charge in [0.1, 0.15) is 34.1 Å². The molecule has 218 valence electrons. The fraction of sp³-hybridized carbons (Fsp3) is 0.345. The Bertz CT molecular complexity index is 1670. The van der Waals surface area contributed by atoms with Gasteiger partial charge in [-0.1, -0.05) is 12.1 Å². The van der Waals surface area contributed by atoms with E-state index in [9.17, 15) is 22.8 Å². The van der Waals surface area contributed by atoms with Crippen molar-refractivity contribution in [1.82, 2.24) is 24.7 Å². The SMILES string of the molecule is CC1(C(=O)[C@]2(c3nc(-c4ccc(C(=O)Nc5cc(C(F)(F)F)ccn5)cc4)c4c(N)nccn34)CCCNC2)COC1. The summed E-state index contributed by atoms with van der Waals surface area (Å²) in [5.74, 6) is 0.0120. The number of piperidine rings is 1. The zero-order valence-corrected chi connectivity index (χ0v) is 22.7. The number of halogens is 3. The normalized spacial score (nSPS) is 20.2. The van der Waals surface area contributed by atoms with Crippen molar-refractivity contribution < 1.29 is 27.5 Å². The summed E-state index contributed by atoms with van der Waals surface area (Å²) in [6.45, 7) is 3.84. The number of anilines is 2. The van der Waals surface area contributed by atoms with Crippen molar-refractivity contribution in [2.75, 3.05) is 37.4 Å². The molecule has 5 heterocycles. The highest BCUT2D eigenvalue weighted by atomic mass is 19.4. The molecule has 2 aliphatic rings. The van der Waals surface area contributed by atoms with Gasteiger partial charge >= 0.3 is 6.18 Å². The number of fused-ring (bicyclic) bond motifs is 1. The average Bonchev–Trinajstić information content (AvgIpc) is 3.37. The minimum Gasteiger partial charge on any atom is -0.382 e. The number of aromatic nitrogens is 4. The predicted octanol–water partition coefficient (Wildman–Crippen LogP) is 3.87. The number of Topliss-reactive ketones (excluding diaryl/α,β-unsaturated/α-hetero) is 1. The molecule has 2 saturated heterocycles. The Kier molecular flexibility index (Phi) is 6.73. The first-order chi connectivity index (χ1) is 20.0. The van der Waals surface area contributed by atoms with Crippen LogP contribution in [0.2, 0.25) is 0 Å². The van der Waals surface area contributed by atoms with Crippen LogP contribution in [0, 0.1) is 5.41 Å². The lowest BCUT2D eigenvalue weighted by Crippen LogP contribution is -2.60. The summed E-state index contributed by atoms with van der Waals surface area (Å²) in [5.41, 5.74) is 5.75. The van der Waals surface area contributed by atoms with Crippen LogP contribution in [0.4, 0.5) is 24.8 Å². The molecule has 0 unspecified atom stereocenters. The maximum absolute atomic E-state index is 14.1. The fourth-order valence-electron chi connectivity index (χ4n) is 5.75. The van der Waals surface area contributed by atoms with Crippen molar-refractivity contribution in [2.24, 2.45) is 5.41 Å². The molecule has 0 saturated carbocycles. The first kappa shape index (κ1) is 27.8. The largest absolute Gasteiger partial charge is 0.416 e. The smallest absolute Gasteiger partial charge is 0.382 e. The number of nitrogens with two attached hydrogens (primary N) is 1. The molecule has 0 spiro atoms. The number of amides is 1. The number of hydrogen-bond donors (Lipinski definition) is 3. The van der Waals surface area contributed by atoms with Crippen molar-refractivity contribution in [3.63, 3.8) is 0 Å². The molecule has 6 rings (SSSR count). The van der Waals surface area contributed by atoms with Crippen LogP contribution in [0.3, 0.4) is 0 Å². The van der Waals surface area contributed by atoms with Crippen LogP contribution in [0.5, 0.6) is 0 Å². The summed E-state index contributed by atoms with van der Waals surface area (Å²) in [5, 5.41) is 5.79. The Morgan fingerprint density at radius 1 is 1.12 bits per heavy atom. The van der Waals surface area contributed by atoms with E-state index >= 15 is 0 Å². The van der Waals surface area contributed by atoms with Gasteiger partial charge in [-0.05, 0) is 50.6 Å². The third kappa shape index (κ3) is 4.68. The number of nitrogen functional groups attached to an aromatic ring is 1. The van der Waals surface area contributed by atoms with E-state index in [1.807, 2.05) is 11.3 Å². The van der Waals surface area contributed by atoms with Crippen LogP contribution in [-0.4, -0.2) is 57.3 Å². The molecule has 3 aromatic heterocycles. The highest BCUT2D eigenvalue weighted by molar-refractivity contribution is 6.04. The molecule has 1 atom stereocenters. The third-order valence-corrected chi connectivity index (χ3v) is 7.97. The van der Waals surface area contributed by atoms with Gasteiger partial charge in [-0.2, -0.15) is 13.2 Å². The molecule has 0 radical (unpaired) electrons. The standard InChI is InChI=1S/C29H28F3N7O3/c1-27(15-42-16-27)25(41)28(8-2-9-34-14-28)26-38-21(22-23(33)36-11-12-39(22)26)17-3-5-18(6-4-17)24(40)37-20-13-19(7-10-35-20)29(30,31)32/h3-7,10-13,34H,2,8-9,14-16H2,1H3,(H2,33,36)(H,35,37,40)/t28-/m0/s1. The number of nitrogens with one attached hydrogen (secondary N) is 2. The molecule has 1 aromatic carbocycles. The number of hydrogen-bond acceptors (Lipinski definition) is 8. The van der Waals surface area contributed by atoms with E-state index in [4.69, 9.17) is 15.5 Å². The van der Waals surface area contributed by atoms with E-state index in [1.165, 1.54) is 12.1 Å². The minimum atomic E-state index is -4.56. The Hall–Kier alpha value is -4.36. The topological polar surface area (TPSA) is 137 Å². The lowest BCUT2D eigenvalue weighted by molar-refractivity contribution is -0.162. The van der Waals surface area contributed by atoms with E-state index in [2.05, 4.69) is 20.6 Å². The maximum atomic E-state index is 14.1. The quantitative estimate of drug-likeness (QED) is 0.313. The van der Waals surface area contributed by atoms with Crippen LogP contribution in [-0.2, 0) is 21.1 Å². The summed E-state index contributed by atoms with van der Waals surface area (Å²) < 4.78 is 46.4. The summed E-state index contributed by atoms with van der Waals surface area (Å²) in [6.07, 6.45) is 1.13. The van der Waals surface area contributed by atoms with Crippen LogP contribution in [0.1, 0.15) is 41.5 Å². The molecule has 2 fully saturated rings. The molecular formula is C29H28F3N7O3. The number of ketones is 1. The Labute approximate surface area is 238 Å². The van der Waals surface area contributed by atoms with Crippen LogP contribution in [0.15, 0.2) is 55.0 Å².